The van der Waals surface area contributed by atoms with Crippen LogP contribution in [0.3, 0.4) is 0 Å². The Balaban J connectivity index is 1.60. The smallest absolute Gasteiger partial charge is 0.339 e. The van der Waals surface area contributed by atoms with Gasteiger partial charge >= 0.3 is 6.18 Å². The summed E-state index contributed by atoms with van der Waals surface area (Å²) >= 11 is 5.55. The van der Waals surface area contributed by atoms with E-state index in [0.29, 0.717) is 5.82 Å². The number of nitrogens with zero attached hydrogens (tertiary/aromatic N) is 2. The van der Waals surface area contributed by atoms with Crippen molar-refractivity contribution in [3.8, 4) is 11.4 Å². The van der Waals surface area contributed by atoms with E-state index in [0.717, 1.165) is 17.7 Å². The summed E-state index contributed by atoms with van der Waals surface area (Å²) in [6.45, 7) is 0. The maximum Gasteiger partial charge on any atom is 0.417 e. The van der Waals surface area contributed by atoms with Crippen molar-refractivity contribution >= 4 is 23.2 Å². The van der Waals surface area contributed by atoms with Gasteiger partial charge in [0.15, 0.2) is 0 Å². The van der Waals surface area contributed by atoms with Crippen LogP contribution in [0.1, 0.15) is 17.9 Å². The quantitative estimate of drug-likeness (QED) is 0.661. The number of aryl methyl sites for hydroxylation is 1. The average molecular weight is 396 g/mol. The molecule has 3 rings (SSSR count). The molecule has 0 aliphatic heterocycles. The van der Waals surface area contributed by atoms with Crippen molar-refractivity contribution in [1.29, 1.82) is 0 Å². The number of amides is 1. The van der Waals surface area contributed by atoms with Gasteiger partial charge < -0.3 is 9.84 Å². The molecule has 0 saturated heterocycles. The van der Waals surface area contributed by atoms with Crippen LogP contribution in [0, 0.1) is 0 Å². The molecule has 0 aliphatic carbocycles. The van der Waals surface area contributed by atoms with Crippen molar-refractivity contribution in [2.75, 3.05) is 5.32 Å². The highest BCUT2D eigenvalue weighted by molar-refractivity contribution is 6.31. The van der Waals surface area contributed by atoms with Crippen molar-refractivity contribution in [1.82, 2.24) is 10.1 Å². The molecule has 5 nitrogen and oxygen atoms in total. The van der Waals surface area contributed by atoms with Crippen molar-refractivity contribution in [3.63, 3.8) is 0 Å². The van der Waals surface area contributed by atoms with E-state index < -0.39 is 22.7 Å². The van der Waals surface area contributed by atoms with Gasteiger partial charge in [0, 0.05) is 24.1 Å². The van der Waals surface area contributed by atoms with Gasteiger partial charge in [0.1, 0.15) is 0 Å². The molecule has 0 bridgehead atoms. The lowest BCUT2D eigenvalue weighted by molar-refractivity contribution is -0.137. The second kappa shape index (κ2) is 7.79. The number of benzene rings is 2. The normalized spacial score (nSPS) is 11.4. The van der Waals surface area contributed by atoms with E-state index in [9.17, 15) is 18.0 Å². The van der Waals surface area contributed by atoms with Gasteiger partial charge in [-0.15, -0.1) is 0 Å². The molecule has 0 unspecified atom stereocenters. The first-order valence-corrected chi connectivity index (χ1v) is 8.25. The van der Waals surface area contributed by atoms with E-state index in [-0.39, 0.29) is 24.4 Å². The van der Waals surface area contributed by atoms with E-state index >= 15 is 0 Å². The molecule has 0 saturated carbocycles. The van der Waals surface area contributed by atoms with Crippen LogP contribution in [-0.2, 0) is 17.4 Å². The Morgan fingerprint density at radius 2 is 1.89 bits per heavy atom. The van der Waals surface area contributed by atoms with Crippen LogP contribution in [0.25, 0.3) is 11.4 Å². The van der Waals surface area contributed by atoms with Gasteiger partial charge in [0.25, 0.3) is 0 Å². The van der Waals surface area contributed by atoms with Crippen molar-refractivity contribution in [2.24, 2.45) is 0 Å². The second-order valence-corrected chi connectivity index (χ2v) is 6.03. The SMILES string of the molecule is O=C(CCc1nc(-c2ccccc2)no1)Nc1ccc(Cl)c(C(F)(F)F)c1. The minimum absolute atomic E-state index is 0.00669. The molecule has 0 atom stereocenters. The van der Waals surface area contributed by atoms with Gasteiger partial charge in [-0.3, -0.25) is 4.79 Å². The summed E-state index contributed by atoms with van der Waals surface area (Å²) in [4.78, 5) is 16.2. The first-order valence-electron chi connectivity index (χ1n) is 7.87. The molecule has 140 valence electrons. The fraction of sp³-hybridized carbons (Fsp3) is 0.167. The lowest BCUT2D eigenvalue weighted by atomic mass is 10.2. The van der Waals surface area contributed by atoms with Crippen molar-refractivity contribution < 1.29 is 22.5 Å². The highest BCUT2D eigenvalue weighted by atomic mass is 35.5. The number of carbonyl (C=O) groups excluding carboxylic acids is 1. The number of aromatic nitrogens is 2. The number of rotatable bonds is 5. The number of carbonyl (C=O) groups is 1. The van der Waals surface area contributed by atoms with Crippen molar-refractivity contribution in [3.05, 3.63) is 65.0 Å². The summed E-state index contributed by atoms with van der Waals surface area (Å²) in [5, 5.41) is 5.81. The van der Waals surface area contributed by atoms with E-state index in [4.69, 9.17) is 16.1 Å². The van der Waals surface area contributed by atoms with Gasteiger partial charge in [-0.05, 0) is 18.2 Å². The van der Waals surface area contributed by atoms with Crippen LogP contribution >= 0.6 is 11.6 Å². The van der Waals surface area contributed by atoms with Gasteiger partial charge in [-0.2, -0.15) is 18.2 Å². The fourth-order valence-electron chi connectivity index (χ4n) is 2.33. The topological polar surface area (TPSA) is 68.0 Å². The maximum atomic E-state index is 12.9. The Morgan fingerprint density at radius 1 is 1.15 bits per heavy atom. The van der Waals surface area contributed by atoms with Crippen LogP contribution in [0.4, 0.5) is 18.9 Å². The summed E-state index contributed by atoms with van der Waals surface area (Å²) in [6, 6.07) is 12.3. The van der Waals surface area contributed by atoms with Gasteiger partial charge in [-0.1, -0.05) is 47.1 Å². The summed E-state index contributed by atoms with van der Waals surface area (Å²) in [5.41, 5.74) is -0.226. The molecule has 0 fully saturated rings. The van der Waals surface area contributed by atoms with E-state index in [1.165, 1.54) is 6.07 Å². The predicted molar refractivity (Wildman–Crippen MR) is 93.1 cm³/mol. The lowest BCUT2D eigenvalue weighted by Gasteiger charge is -2.11. The zero-order valence-corrected chi connectivity index (χ0v) is 14.5. The molecular formula is C18H13ClF3N3O2. The standard InChI is InChI=1S/C18H13ClF3N3O2/c19-14-7-6-12(10-13(14)18(20,21)22)23-15(26)8-9-16-24-17(25-27-16)11-4-2-1-3-5-11/h1-7,10H,8-9H2,(H,23,26). The number of alkyl halides is 3. The van der Waals surface area contributed by atoms with Gasteiger partial charge in [0.05, 0.1) is 10.6 Å². The van der Waals surface area contributed by atoms with Crippen LogP contribution in [0.5, 0.6) is 0 Å². The molecule has 1 heterocycles. The second-order valence-electron chi connectivity index (χ2n) is 5.62. The molecule has 9 heteroatoms. The first kappa shape index (κ1) is 18.9. The highest BCUT2D eigenvalue weighted by Gasteiger charge is 2.33. The van der Waals surface area contributed by atoms with Crippen LogP contribution in [0.15, 0.2) is 53.1 Å². The Kier molecular flexibility index (Phi) is 5.46. The third-order valence-electron chi connectivity index (χ3n) is 3.62. The molecule has 1 aromatic heterocycles. The van der Waals surface area contributed by atoms with E-state index in [2.05, 4.69) is 15.5 Å². The lowest BCUT2D eigenvalue weighted by Crippen LogP contribution is -2.14. The molecule has 0 spiro atoms. The Morgan fingerprint density at radius 3 is 2.59 bits per heavy atom. The molecule has 3 aromatic rings. The largest absolute Gasteiger partial charge is 0.417 e. The Hall–Kier alpha value is -2.87. The monoisotopic (exact) mass is 395 g/mol. The maximum absolute atomic E-state index is 12.9. The van der Waals surface area contributed by atoms with Crippen LogP contribution < -0.4 is 5.32 Å². The summed E-state index contributed by atoms with van der Waals surface area (Å²) in [7, 11) is 0. The average Bonchev–Trinajstić information content (AvgIpc) is 3.10. The number of hydrogen-bond acceptors (Lipinski definition) is 4. The number of nitrogens with one attached hydrogen (secondary N) is 1. The molecule has 2 aromatic carbocycles. The Bertz CT molecular complexity index is 943. The summed E-state index contributed by atoms with van der Waals surface area (Å²) in [6.07, 6.45) is -4.47. The third-order valence-corrected chi connectivity index (χ3v) is 3.95. The Labute approximate surface area is 157 Å². The molecule has 27 heavy (non-hydrogen) atoms. The number of hydrogen-bond donors (Lipinski definition) is 1. The zero-order valence-electron chi connectivity index (χ0n) is 13.8. The minimum Gasteiger partial charge on any atom is -0.339 e. The number of anilines is 1. The van der Waals surface area contributed by atoms with Crippen LogP contribution in [0.2, 0.25) is 5.02 Å². The van der Waals surface area contributed by atoms with Crippen molar-refractivity contribution in [2.45, 2.75) is 19.0 Å². The predicted octanol–water partition coefficient (Wildman–Crippen LogP) is 4.98. The van der Waals surface area contributed by atoms with Gasteiger partial charge in [-0.25, -0.2) is 0 Å². The summed E-state index contributed by atoms with van der Waals surface area (Å²) in [5.74, 6) is 0.180. The van der Waals surface area contributed by atoms with Gasteiger partial charge in [0.2, 0.25) is 17.6 Å². The fourth-order valence-corrected chi connectivity index (χ4v) is 2.55. The van der Waals surface area contributed by atoms with E-state index in [1.54, 1.807) is 0 Å². The van der Waals surface area contributed by atoms with E-state index in [1.807, 2.05) is 30.3 Å². The molecular weight excluding hydrogens is 383 g/mol. The van der Waals surface area contributed by atoms with Crippen LogP contribution in [-0.4, -0.2) is 16.0 Å². The molecule has 0 radical (unpaired) electrons. The zero-order chi connectivity index (χ0) is 19.4. The minimum atomic E-state index is -4.60. The highest BCUT2D eigenvalue weighted by Crippen LogP contribution is 2.36. The third kappa shape index (κ3) is 4.85. The molecule has 1 amide bonds. The summed E-state index contributed by atoms with van der Waals surface area (Å²) < 4.78 is 43.7. The number of halogens is 4. The molecule has 0 aliphatic rings. The molecule has 1 N–H and O–H groups in total. The first-order chi connectivity index (χ1) is 12.8.